The van der Waals surface area contributed by atoms with Crippen LogP contribution < -0.4 is 0 Å². The van der Waals surface area contributed by atoms with E-state index in [0.29, 0.717) is 12.8 Å². The molecule has 1 saturated heterocycles. The highest BCUT2D eigenvalue weighted by Crippen LogP contribution is 2.22. The molecule has 0 saturated carbocycles. The molecular weight excluding hydrogens is 544 g/mol. The van der Waals surface area contributed by atoms with Gasteiger partial charge in [0.1, 0.15) is 31.0 Å². The fraction of sp³-hybridized carbons (Fsp3) is 0.875. The number of carbonyl (C=O) groups is 2. The number of esters is 2. The first kappa shape index (κ1) is 38.5. The van der Waals surface area contributed by atoms with Crippen LogP contribution in [0.15, 0.2) is 12.2 Å². The van der Waals surface area contributed by atoms with Crippen LogP contribution in [0, 0.1) is 0 Å². The molecule has 246 valence electrons. The van der Waals surface area contributed by atoms with E-state index < -0.39 is 55.4 Å². The normalized spacial score (nSPS) is 23.2. The predicted molar refractivity (Wildman–Crippen MR) is 160 cm³/mol. The number of hydrogen-bond acceptors (Lipinski definition) is 10. The third-order valence-corrected chi connectivity index (χ3v) is 7.40. The Bertz CT molecular complexity index is 713. The Hall–Kier alpha value is -1.56. The Labute approximate surface area is 252 Å². The van der Waals surface area contributed by atoms with Crippen LogP contribution in [-0.4, -0.2) is 89.0 Å². The van der Waals surface area contributed by atoms with E-state index in [0.717, 1.165) is 38.5 Å². The van der Waals surface area contributed by atoms with E-state index in [9.17, 15) is 30.0 Å². The zero-order valence-corrected chi connectivity index (χ0v) is 26.0. The molecule has 6 unspecified atom stereocenters. The van der Waals surface area contributed by atoms with Gasteiger partial charge in [-0.15, -0.1) is 0 Å². The van der Waals surface area contributed by atoms with Crippen LogP contribution in [0.3, 0.4) is 0 Å². The lowest BCUT2D eigenvalue weighted by molar-refractivity contribution is -0.305. The topological polar surface area (TPSA) is 152 Å². The first-order chi connectivity index (χ1) is 20.3. The molecule has 0 aromatic carbocycles. The molecule has 4 N–H and O–H groups in total. The second kappa shape index (κ2) is 24.8. The molecule has 10 nitrogen and oxygen atoms in total. The van der Waals surface area contributed by atoms with Crippen molar-refractivity contribution >= 4 is 11.9 Å². The Morgan fingerprint density at radius 3 is 1.90 bits per heavy atom. The van der Waals surface area contributed by atoms with Gasteiger partial charge in [0.15, 0.2) is 12.4 Å². The van der Waals surface area contributed by atoms with Crippen molar-refractivity contribution in [2.45, 2.75) is 160 Å². The van der Waals surface area contributed by atoms with E-state index in [1.807, 2.05) is 6.92 Å². The Balaban J connectivity index is 2.33. The SMILES string of the molecule is CCCCCCCC/C=C\CCCCCCCC(=O)OC(COC(=O)CCCC)COC1OC(CO)C(O)C(O)C1O. The average molecular weight is 603 g/mol. The maximum absolute atomic E-state index is 12.5. The van der Waals surface area contributed by atoms with Crippen molar-refractivity contribution in [2.24, 2.45) is 0 Å². The number of carbonyl (C=O) groups excluding carboxylic acids is 2. The van der Waals surface area contributed by atoms with Crippen molar-refractivity contribution in [1.82, 2.24) is 0 Å². The highest BCUT2D eigenvalue weighted by atomic mass is 16.7. The zero-order valence-electron chi connectivity index (χ0n) is 26.0. The number of ether oxygens (including phenoxy) is 4. The summed E-state index contributed by atoms with van der Waals surface area (Å²) in [6, 6.07) is 0. The monoisotopic (exact) mass is 602 g/mol. The smallest absolute Gasteiger partial charge is 0.306 e. The van der Waals surface area contributed by atoms with E-state index in [1.54, 1.807) is 0 Å². The lowest BCUT2D eigenvalue weighted by atomic mass is 9.99. The highest BCUT2D eigenvalue weighted by molar-refractivity contribution is 5.70. The van der Waals surface area contributed by atoms with E-state index >= 15 is 0 Å². The fourth-order valence-electron chi connectivity index (χ4n) is 4.69. The van der Waals surface area contributed by atoms with Gasteiger partial charge in [0.25, 0.3) is 0 Å². The summed E-state index contributed by atoms with van der Waals surface area (Å²) < 4.78 is 21.6. The first-order valence-corrected chi connectivity index (χ1v) is 16.3. The molecule has 0 radical (unpaired) electrons. The largest absolute Gasteiger partial charge is 0.462 e. The van der Waals surface area contributed by atoms with Gasteiger partial charge in [-0.1, -0.05) is 83.8 Å². The van der Waals surface area contributed by atoms with Gasteiger partial charge in [-0.25, -0.2) is 0 Å². The lowest BCUT2D eigenvalue weighted by Crippen LogP contribution is -2.59. The van der Waals surface area contributed by atoms with Crippen LogP contribution in [0.25, 0.3) is 0 Å². The number of allylic oxidation sites excluding steroid dienone is 2. The van der Waals surface area contributed by atoms with Crippen LogP contribution >= 0.6 is 0 Å². The molecule has 10 heteroatoms. The molecule has 0 amide bonds. The van der Waals surface area contributed by atoms with Crippen LogP contribution in [0.2, 0.25) is 0 Å². The van der Waals surface area contributed by atoms with Gasteiger partial charge in [0.2, 0.25) is 0 Å². The Kier molecular flexibility index (Phi) is 22.7. The predicted octanol–water partition coefficient (Wildman–Crippen LogP) is 4.49. The van der Waals surface area contributed by atoms with Crippen molar-refractivity contribution in [3.8, 4) is 0 Å². The molecule has 1 fully saturated rings. The van der Waals surface area contributed by atoms with Gasteiger partial charge in [0, 0.05) is 12.8 Å². The van der Waals surface area contributed by atoms with Crippen molar-refractivity contribution < 1.29 is 49.0 Å². The fourth-order valence-corrected chi connectivity index (χ4v) is 4.69. The summed E-state index contributed by atoms with van der Waals surface area (Å²) in [5.74, 6) is -0.859. The first-order valence-electron chi connectivity index (χ1n) is 16.3. The summed E-state index contributed by atoms with van der Waals surface area (Å²) in [6.45, 7) is 3.11. The number of aliphatic hydroxyl groups excluding tert-OH is 4. The molecule has 42 heavy (non-hydrogen) atoms. The van der Waals surface area contributed by atoms with E-state index in [4.69, 9.17) is 18.9 Å². The molecule has 1 aliphatic rings. The maximum Gasteiger partial charge on any atom is 0.306 e. The quantitative estimate of drug-likeness (QED) is 0.0668. The molecule has 1 aliphatic heterocycles. The molecule has 0 aliphatic carbocycles. The summed E-state index contributed by atoms with van der Waals surface area (Å²) >= 11 is 0. The standard InChI is InChI=1S/C32H58O10/c1-3-5-7-8-9-10-11-12-13-14-15-16-17-18-19-21-28(35)41-25(23-39-27(34)20-6-4-2)24-40-32-31(38)30(37)29(36)26(22-33)42-32/h12-13,25-26,29-33,36-38H,3-11,14-24H2,1-2H3/b13-12-. The molecule has 0 spiro atoms. The average Bonchev–Trinajstić information content (AvgIpc) is 2.98. The molecule has 0 aromatic heterocycles. The van der Waals surface area contributed by atoms with Crippen molar-refractivity contribution in [3.63, 3.8) is 0 Å². The van der Waals surface area contributed by atoms with Crippen molar-refractivity contribution in [3.05, 3.63) is 12.2 Å². The van der Waals surface area contributed by atoms with Crippen LogP contribution in [-0.2, 0) is 28.5 Å². The van der Waals surface area contributed by atoms with Crippen molar-refractivity contribution in [2.75, 3.05) is 19.8 Å². The van der Waals surface area contributed by atoms with Gasteiger partial charge in [-0.2, -0.15) is 0 Å². The minimum absolute atomic E-state index is 0.221. The van der Waals surface area contributed by atoms with Gasteiger partial charge in [-0.05, 0) is 38.5 Å². The molecular formula is C32H58O10. The second-order valence-electron chi connectivity index (χ2n) is 11.3. The molecule has 1 heterocycles. The zero-order chi connectivity index (χ0) is 31.0. The Morgan fingerprint density at radius 1 is 0.714 bits per heavy atom. The summed E-state index contributed by atoms with van der Waals surface area (Å²) in [6.07, 6.45) is 13.5. The van der Waals surface area contributed by atoms with Crippen LogP contribution in [0.4, 0.5) is 0 Å². The number of aliphatic hydroxyl groups is 4. The third-order valence-electron chi connectivity index (χ3n) is 7.40. The third kappa shape index (κ3) is 17.5. The number of unbranched alkanes of at least 4 members (excludes halogenated alkanes) is 12. The molecule has 6 atom stereocenters. The minimum Gasteiger partial charge on any atom is -0.462 e. The number of hydrogen-bond donors (Lipinski definition) is 4. The summed E-state index contributed by atoms with van der Waals surface area (Å²) in [4.78, 5) is 24.5. The molecule has 0 bridgehead atoms. The van der Waals surface area contributed by atoms with Gasteiger partial charge in [-0.3, -0.25) is 9.59 Å². The van der Waals surface area contributed by atoms with Gasteiger partial charge < -0.3 is 39.4 Å². The maximum atomic E-state index is 12.5. The second-order valence-corrected chi connectivity index (χ2v) is 11.3. The lowest BCUT2D eigenvalue weighted by Gasteiger charge is -2.39. The van der Waals surface area contributed by atoms with E-state index in [2.05, 4.69) is 19.1 Å². The molecule has 0 aromatic rings. The minimum atomic E-state index is -1.59. The Morgan fingerprint density at radius 2 is 1.29 bits per heavy atom. The number of rotatable bonds is 25. The van der Waals surface area contributed by atoms with Gasteiger partial charge >= 0.3 is 11.9 Å². The summed E-state index contributed by atoms with van der Waals surface area (Å²) in [5, 5.41) is 39.5. The summed E-state index contributed by atoms with van der Waals surface area (Å²) in [5.41, 5.74) is 0. The van der Waals surface area contributed by atoms with E-state index in [1.165, 1.54) is 44.9 Å². The van der Waals surface area contributed by atoms with E-state index in [-0.39, 0.29) is 26.1 Å². The van der Waals surface area contributed by atoms with Gasteiger partial charge in [0.05, 0.1) is 13.2 Å². The van der Waals surface area contributed by atoms with Crippen molar-refractivity contribution in [1.29, 1.82) is 0 Å². The van der Waals surface area contributed by atoms with Crippen LogP contribution in [0.1, 0.15) is 123 Å². The highest BCUT2D eigenvalue weighted by Gasteiger charge is 2.44. The summed E-state index contributed by atoms with van der Waals surface area (Å²) in [7, 11) is 0. The molecule has 1 rings (SSSR count). The van der Waals surface area contributed by atoms with Crippen LogP contribution in [0.5, 0.6) is 0 Å².